The minimum Gasteiger partial charge on any atom is -0.444 e. The molecule has 0 saturated carbocycles. The number of hydrogen-bond acceptors (Lipinski definition) is 5. The second kappa shape index (κ2) is 7.58. The van der Waals surface area contributed by atoms with Gasteiger partial charge < -0.3 is 9.64 Å². The molecule has 152 valence electrons. The van der Waals surface area contributed by atoms with Crippen molar-refractivity contribution in [2.24, 2.45) is 0 Å². The quantitative estimate of drug-likeness (QED) is 0.393. The molecule has 1 fully saturated rings. The lowest BCUT2D eigenvalue weighted by Gasteiger charge is -2.40. The Morgan fingerprint density at radius 2 is 1.86 bits per heavy atom. The van der Waals surface area contributed by atoms with Gasteiger partial charge in [0.25, 0.3) is 0 Å². The van der Waals surface area contributed by atoms with Crippen LogP contribution in [0.25, 0.3) is 20.8 Å². The second-order valence-corrected chi connectivity index (χ2v) is 10.1. The molecule has 5 nitrogen and oxygen atoms in total. The number of ether oxygens (including phenoxy) is 1. The average molecular weight is 471 g/mol. The van der Waals surface area contributed by atoms with E-state index in [1.165, 1.54) is 11.3 Å². The molecule has 9 heteroatoms. The highest BCUT2D eigenvalue weighted by molar-refractivity contribution is 7.22. The maximum Gasteiger partial charge on any atom is 0.410 e. The Morgan fingerprint density at radius 3 is 2.45 bits per heavy atom. The van der Waals surface area contributed by atoms with Crippen LogP contribution >= 0.6 is 46.1 Å². The van der Waals surface area contributed by atoms with E-state index in [9.17, 15) is 4.79 Å². The molecule has 0 bridgehead atoms. The average Bonchev–Trinajstić information content (AvgIpc) is 2.96. The van der Waals surface area contributed by atoms with Crippen molar-refractivity contribution in [3.63, 3.8) is 0 Å². The highest BCUT2D eigenvalue weighted by atomic mass is 35.5. The van der Waals surface area contributed by atoms with Gasteiger partial charge in [-0.15, -0.1) is 11.3 Å². The molecule has 0 N–H and O–H groups in total. The van der Waals surface area contributed by atoms with Gasteiger partial charge in [0.15, 0.2) is 0 Å². The Hall–Kier alpha value is -1.60. The van der Waals surface area contributed by atoms with Crippen LogP contribution in [0.5, 0.6) is 0 Å². The van der Waals surface area contributed by atoms with E-state index in [1.54, 1.807) is 17.2 Å². The molecule has 0 aliphatic carbocycles. The van der Waals surface area contributed by atoms with Crippen molar-refractivity contribution in [2.75, 3.05) is 13.1 Å². The van der Waals surface area contributed by atoms with Crippen molar-refractivity contribution >= 4 is 62.4 Å². The second-order valence-electron chi connectivity index (χ2n) is 7.91. The molecule has 0 radical (unpaired) electrons. The number of carbonyl (C=O) groups is 1. The zero-order valence-electron chi connectivity index (χ0n) is 16.0. The van der Waals surface area contributed by atoms with Crippen LogP contribution in [0.3, 0.4) is 0 Å². The maximum atomic E-state index is 12.1. The number of benzene rings is 1. The van der Waals surface area contributed by atoms with Gasteiger partial charge in [0, 0.05) is 30.8 Å². The molecular weight excluding hydrogens is 453 g/mol. The smallest absolute Gasteiger partial charge is 0.410 e. The van der Waals surface area contributed by atoms with Gasteiger partial charge in [-0.2, -0.15) is 0 Å². The van der Waals surface area contributed by atoms with Gasteiger partial charge in [-0.05, 0) is 44.5 Å². The lowest BCUT2D eigenvalue weighted by atomic mass is 9.91. The van der Waals surface area contributed by atoms with E-state index < -0.39 is 5.60 Å². The molecule has 0 atom stereocenters. The van der Waals surface area contributed by atoms with Crippen LogP contribution in [-0.4, -0.2) is 39.7 Å². The number of aromatic nitrogens is 2. The summed E-state index contributed by atoms with van der Waals surface area (Å²) < 4.78 is 6.20. The Balaban J connectivity index is 1.55. The topological polar surface area (TPSA) is 55.3 Å². The highest BCUT2D eigenvalue weighted by Crippen LogP contribution is 2.42. The van der Waals surface area contributed by atoms with E-state index >= 15 is 0 Å². The molecule has 1 amide bonds. The first-order chi connectivity index (χ1) is 13.6. The minimum absolute atomic E-state index is 0.167. The van der Waals surface area contributed by atoms with Crippen LogP contribution in [0.1, 0.15) is 32.3 Å². The molecule has 2 aromatic heterocycles. The summed E-state index contributed by atoms with van der Waals surface area (Å²) in [5, 5.41) is 2.14. The number of rotatable bonds is 2. The Kier molecular flexibility index (Phi) is 5.40. The number of pyridine rings is 1. The summed E-state index contributed by atoms with van der Waals surface area (Å²) in [6.07, 6.45) is 1.32. The third-order valence-electron chi connectivity index (χ3n) is 4.54. The van der Waals surface area contributed by atoms with E-state index in [2.05, 4.69) is 9.97 Å². The van der Waals surface area contributed by atoms with Crippen molar-refractivity contribution in [3.8, 4) is 10.6 Å². The minimum atomic E-state index is -0.508. The number of halogens is 3. The number of carbonyl (C=O) groups excluding carboxylic acids is 1. The van der Waals surface area contributed by atoms with E-state index in [4.69, 9.17) is 39.5 Å². The fourth-order valence-electron chi connectivity index (χ4n) is 3.13. The van der Waals surface area contributed by atoms with Gasteiger partial charge in [0.2, 0.25) is 0 Å². The van der Waals surface area contributed by atoms with Gasteiger partial charge in [0.05, 0.1) is 20.3 Å². The lowest BCUT2D eigenvalue weighted by Crippen LogP contribution is -2.50. The number of nitrogens with zero attached hydrogens (tertiary/aromatic N) is 3. The van der Waals surface area contributed by atoms with Crippen LogP contribution in [-0.2, 0) is 4.74 Å². The molecule has 1 saturated heterocycles. The number of amides is 1. The predicted molar refractivity (Wildman–Crippen MR) is 118 cm³/mol. The molecule has 4 rings (SSSR count). The number of fused-ring (bicyclic) bond motifs is 1. The number of hydrogen-bond donors (Lipinski definition) is 0. The predicted octanol–water partition coefficient (Wildman–Crippen LogP) is 6.65. The van der Waals surface area contributed by atoms with E-state index in [1.807, 2.05) is 32.9 Å². The summed E-state index contributed by atoms with van der Waals surface area (Å²) in [7, 11) is 0. The fourth-order valence-corrected chi connectivity index (χ4v) is 5.21. The SMILES string of the molecule is CC(C)(C)OC(=O)N1CC(c2cc(Cl)c(-c3nc4ccnc(Cl)c4s3)c(Cl)c2)C1. The Labute approximate surface area is 187 Å². The standard InChI is InChI=1S/C20H18Cl3N3O2S/c1-20(2,3)28-19(27)26-8-11(9-26)10-6-12(21)15(13(22)7-10)18-25-14-4-5-24-17(23)16(14)29-18/h4-7,11H,8-9H2,1-3H3. The van der Waals surface area contributed by atoms with Gasteiger partial charge in [-0.25, -0.2) is 14.8 Å². The summed E-state index contributed by atoms with van der Waals surface area (Å²) in [5.41, 5.74) is 1.92. The molecule has 3 heterocycles. The van der Waals surface area contributed by atoms with Gasteiger partial charge >= 0.3 is 6.09 Å². The molecule has 29 heavy (non-hydrogen) atoms. The first-order valence-corrected chi connectivity index (χ1v) is 11.0. The first-order valence-electron chi connectivity index (χ1n) is 9.00. The first kappa shape index (κ1) is 20.7. The van der Waals surface area contributed by atoms with Crippen LogP contribution in [0.4, 0.5) is 4.79 Å². The van der Waals surface area contributed by atoms with Crippen LogP contribution < -0.4 is 0 Å². The van der Waals surface area contributed by atoms with Crippen molar-refractivity contribution in [2.45, 2.75) is 32.3 Å². The lowest BCUT2D eigenvalue weighted by molar-refractivity contribution is 0.00820. The van der Waals surface area contributed by atoms with Gasteiger partial charge in [-0.1, -0.05) is 34.8 Å². The summed E-state index contributed by atoms with van der Waals surface area (Å²) in [6.45, 7) is 6.70. The van der Waals surface area contributed by atoms with Crippen molar-refractivity contribution < 1.29 is 9.53 Å². The summed E-state index contributed by atoms with van der Waals surface area (Å²) in [5.74, 6) is 0.167. The van der Waals surface area contributed by atoms with E-state index in [-0.39, 0.29) is 12.0 Å². The van der Waals surface area contributed by atoms with E-state index in [0.717, 1.165) is 15.8 Å². The normalized spacial score (nSPS) is 14.9. The van der Waals surface area contributed by atoms with Crippen LogP contribution in [0, 0.1) is 0 Å². The highest BCUT2D eigenvalue weighted by Gasteiger charge is 2.35. The molecule has 1 aliphatic heterocycles. The molecule has 0 spiro atoms. The fraction of sp³-hybridized carbons (Fsp3) is 0.350. The maximum absolute atomic E-state index is 12.1. The molecule has 1 aromatic carbocycles. The third-order valence-corrected chi connectivity index (χ3v) is 6.63. The zero-order chi connectivity index (χ0) is 20.9. The number of likely N-dealkylation sites (tertiary alicyclic amines) is 1. The largest absolute Gasteiger partial charge is 0.444 e. The summed E-state index contributed by atoms with van der Waals surface area (Å²) in [4.78, 5) is 22.5. The van der Waals surface area contributed by atoms with Crippen molar-refractivity contribution in [3.05, 3.63) is 45.2 Å². The van der Waals surface area contributed by atoms with Gasteiger partial charge in [0.1, 0.15) is 15.8 Å². The molecule has 0 unspecified atom stereocenters. The van der Waals surface area contributed by atoms with Crippen LogP contribution in [0.15, 0.2) is 24.4 Å². The van der Waals surface area contributed by atoms with E-state index in [0.29, 0.717) is 38.9 Å². The Bertz CT molecular complexity index is 1080. The zero-order valence-corrected chi connectivity index (χ0v) is 19.1. The molecular formula is C20H18Cl3N3O2S. The third kappa shape index (κ3) is 4.17. The van der Waals surface area contributed by atoms with Crippen LogP contribution in [0.2, 0.25) is 15.2 Å². The Morgan fingerprint density at radius 1 is 1.21 bits per heavy atom. The van der Waals surface area contributed by atoms with Gasteiger partial charge in [-0.3, -0.25) is 0 Å². The summed E-state index contributed by atoms with van der Waals surface area (Å²) >= 11 is 20.7. The van der Waals surface area contributed by atoms with Crippen molar-refractivity contribution in [1.29, 1.82) is 0 Å². The molecule has 3 aromatic rings. The number of thiazole rings is 1. The summed E-state index contributed by atoms with van der Waals surface area (Å²) in [6, 6.07) is 5.59. The monoisotopic (exact) mass is 469 g/mol. The molecule has 1 aliphatic rings. The van der Waals surface area contributed by atoms with Crippen molar-refractivity contribution in [1.82, 2.24) is 14.9 Å².